The minimum atomic E-state index is -5.03. The molecule has 0 radical (unpaired) electrons. The third kappa shape index (κ3) is 2.29. The van der Waals surface area contributed by atoms with Gasteiger partial charge in [-0.05, 0) is 12.1 Å². The molecule has 2 N–H and O–H groups in total. The maximum absolute atomic E-state index is 13.5. The van der Waals surface area contributed by atoms with Gasteiger partial charge in [0.05, 0.1) is 11.1 Å². The predicted octanol–water partition coefficient (Wildman–Crippen LogP) is 2.23. The summed E-state index contributed by atoms with van der Waals surface area (Å²) >= 11 is 5.60. The van der Waals surface area contributed by atoms with Gasteiger partial charge in [0.15, 0.2) is 0 Å². The van der Waals surface area contributed by atoms with E-state index in [9.17, 15) is 18.0 Å². The summed E-state index contributed by atoms with van der Waals surface area (Å²) in [6, 6.07) is 3.94. The standard InChI is InChI=1S/C12H8ClF3N4O/c1-6-8(4-17)11(10(21)19-6,12(14,15)16)20-9-3-2-7(13)5-18-9/h2-3,5,8H,1H2,(H,18,20)(H,19,21)/t8-,11+/m1/s1. The molecule has 1 aliphatic heterocycles. The van der Waals surface area contributed by atoms with Gasteiger partial charge in [-0.15, -0.1) is 0 Å². The van der Waals surface area contributed by atoms with Gasteiger partial charge in [0.1, 0.15) is 11.7 Å². The summed E-state index contributed by atoms with van der Waals surface area (Å²) in [5, 5.41) is 13.2. The van der Waals surface area contributed by atoms with Crippen molar-refractivity contribution in [1.82, 2.24) is 10.3 Å². The lowest BCUT2D eigenvalue weighted by molar-refractivity contribution is -0.185. The summed E-state index contributed by atoms with van der Waals surface area (Å²) in [5.74, 6) is -3.45. The Morgan fingerprint density at radius 2 is 2.19 bits per heavy atom. The lowest BCUT2D eigenvalue weighted by Crippen LogP contribution is -2.60. The zero-order chi connectivity index (χ0) is 15.8. The number of anilines is 1. The first-order chi connectivity index (χ1) is 9.72. The summed E-state index contributed by atoms with van der Waals surface area (Å²) in [6.07, 6.45) is -3.91. The molecule has 9 heteroatoms. The van der Waals surface area contributed by atoms with Gasteiger partial charge >= 0.3 is 6.18 Å². The van der Waals surface area contributed by atoms with Crippen molar-refractivity contribution in [3.63, 3.8) is 0 Å². The van der Waals surface area contributed by atoms with Crippen molar-refractivity contribution in [2.75, 3.05) is 5.32 Å². The lowest BCUT2D eigenvalue weighted by atomic mass is 9.85. The molecule has 0 unspecified atom stereocenters. The topological polar surface area (TPSA) is 77.8 Å². The molecule has 2 heterocycles. The van der Waals surface area contributed by atoms with Gasteiger partial charge in [-0.25, -0.2) is 4.98 Å². The fourth-order valence-corrected chi connectivity index (χ4v) is 2.14. The van der Waals surface area contributed by atoms with Crippen LogP contribution in [0.15, 0.2) is 30.6 Å². The number of pyridine rings is 1. The quantitative estimate of drug-likeness (QED) is 0.877. The Balaban J connectivity index is 2.53. The van der Waals surface area contributed by atoms with Crippen LogP contribution in [-0.4, -0.2) is 22.6 Å². The van der Waals surface area contributed by atoms with Gasteiger partial charge in [0, 0.05) is 11.9 Å². The molecule has 2 rings (SSSR count). The molecule has 1 aromatic heterocycles. The number of hydrogen-bond donors (Lipinski definition) is 2. The van der Waals surface area contributed by atoms with E-state index in [4.69, 9.17) is 16.9 Å². The fraction of sp³-hybridized carbons (Fsp3) is 0.250. The number of amides is 1. The highest BCUT2D eigenvalue weighted by molar-refractivity contribution is 6.30. The number of rotatable bonds is 2. The third-order valence-corrected chi connectivity index (χ3v) is 3.27. The Morgan fingerprint density at radius 3 is 2.67 bits per heavy atom. The van der Waals surface area contributed by atoms with Crippen molar-refractivity contribution in [3.05, 3.63) is 35.6 Å². The van der Waals surface area contributed by atoms with Crippen molar-refractivity contribution in [2.24, 2.45) is 5.92 Å². The fourth-order valence-electron chi connectivity index (χ4n) is 2.03. The zero-order valence-corrected chi connectivity index (χ0v) is 11.1. The second-order valence-electron chi connectivity index (χ2n) is 4.33. The Kier molecular flexibility index (Phi) is 3.55. The van der Waals surface area contributed by atoms with Gasteiger partial charge in [-0.1, -0.05) is 18.2 Å². The van der Waals surface area contributed by atoms with Crippen molar-refractivity contribution in [2.45, 2.75) is 11.7 Å². The van der Waals surface area contributed by atoms with Crippen LogP contribution in [0.2, 0.25) is 5.02 Å². The lowest BCUT2D eigenvalue weighted by Gasteiger charge is -2.32. The molecular weight excluding hydrogens is 309 g/mol. The number of aromatic nitrogens is 1. The molecule has 1 fully saturated rings. The van der Waals surface area contributed by atoms with Crippen molar-refractivity contribution in [3.8, 4) is 6.07 Å². The molecular formula is C12H8ClF3N4O. The van der Waals surface area contributed by atoms with Gasteiger partial charge in [-0.2, -0.15) is 18.4 Å². The zero-order valence-electron chi connectivity index (χ0n) is 10.3. The van der Waals surface area contributed by atoms with Crippen LogP contribution in [0.4, 0.5) is 19.0 Å². The minimum Gasteiger partial charge on any atom is -0.347 e. The highest BCUT2D eigenvalue weighted by atomic mass is 35.5. The molecule has 0 saturated carbocycles. The number of alkyl halides is 3. The van der Waals surface area contributed by atoms with E-state index in [0.29, 0.717) is 0 Å². The second kappa shape index (κ2) is 4.93. The van der Waals surface area contributed by atoms with Crippen LogP contribution in [0.1, 0.15) is 0 Å². The van der Waals surface area contributed by atoms with E-state index in [1.807, 2.05) is 10.6 Å². The van der Waals surface area contributed by atoms with Gasteiger partial charge in [0.25, 0.3) is 5.91 Å². The maximum atomic E-state index is 13.5. The number of carbonyl (C=O) groups is 1. The SMILES string of the molecule is C=C1NC(=O)[C@](Nc2ccc(Cl)cn2)(C(F)(F)F)[C@@H]1C#N. The van der Waals surface area contributed by atoms with Crippen LogP contribution in [-0.2, 0) is 4.79 Å². The number of nitrogens with one attached hydrogen (secondary N) is 2. The van der Waals surface area contributed by atoms with E-state index in [1.54, 1.807) is 0 Å². The van der Waals surface area contributed by atoms with E-state index in [0.717, 1.165) is 6.20 Å². The van der Waals surface area contributed by atoms with Crippen LogP contribution >= 0.6 is 11.6 Å². The Hall–Kier alpha value is -2.27. The summed E-state index contributed by atoms with van der Waals surface area (Å²) in [4.78, 5) is 15.5. The summed E-state index contributed by atoms with van der Waals surface area (Å²) in [6.45, 7) is 3.29. The first kappa shape index (κ1) is 15.1. The van der Waals surface area contributed by atoms with Crippen LogP contribution < -0.4 is 10.6 Å². The Labute approximate surface area is 122 Å². The highest BCUT2D eigenvalue weighted by Crippen LogP contribution is 2.44. The average molecular weight is 317 g/mol. The summed E-state index contributed by atoms with van der Waals surface area (Å²) in [5.41, 5.74) is -3.46. The highest BCUT2D eigenvalue weighted by Gasteiger charge is 2.69. The summed E-state index contributed by atoms with van der Waals surface area (Å²) < 4.78 is 40.4. The van der Waals surface area contributed by atoms with Crippen LogP contribution in [0.25, 0.3) is 0 Å². The summed E-state index contributed by atoms with van der Waals surface area (Å²) in [7, 11) is 0. The number of hydrogen-bond acceptors (Lipinski definition) is 4. The molecule has 2 atom stereocenters. The van der Waals surface area contributed by atoms with E-state index >= 15 is 0 Å². The number of halogens is 4. The molecule has 110 valence electrons. The molecule has 0 aliphatic carbocycles. The Morgan fingerprint density at radius 1 is 1.52 bits per heavy atom. The number of nitriles is 1. The number of carbonyl (C=O) groups excluding carboxylic acids is 1. The van der Waals surface area contributed by atoms with Gasteiger partial charge in [0.2, 0.25) is 5.54 Å². The first-order valence-corrected chi connectivity index (χ1v) is 5.96. The molecule has 1 aliphatic rings. The molecule has 0 spiro atoms. The van der Waals surface area contributed by atoms with Gasteiger partial charge < -0.3 is 10.6 Å². The molecule has 5 nitrogen and oxygen atoms in total. The van der Waals surface area contributed by atoms with E-state index < -0.39 is 23.5 Å². The van der Waals surface area contributed by atoms with Crippen molar-refractivity contribution in [1.29, 1.82) is 5.26 Å². The van der Waals surface area contributed by atoms with Gasteiger partial charge in [-0.3, -0.25) is 4.79 Å². The first-order valence-electron chi connectivity index (χ1n) is 5.58. The van der Waals surface area contributed by atoms with Crippen molar-refractivity contribution < 1.29 is 18.0 Å². The monoisotopic (exact) mass is 316 g/mol. The van der Waals surface area contributed by atoms with Crippen LogP contribution in [0, 0.1) is 17.2 Å². The molecule has 1 saturated heterocycles. The third-order valence-electron chi connectivity index (χ3n) is 3.04. The molecule has 1 aromatic rings. The maximum Gasteiger partial charge on any atom is 0.422 e. The van der Waals surface area contributed by atoms with E-state index in [-0.39, 0.29) is 16.5 Å². The normalized spacial score (nSPS) is 25.4. The second-order valence-corrected chi connectivity index (χ2v) is 4.77. The average Bonchev–Trinajstić information content (AvgIpc) is 2.63. The number of nitrogens with zero attached hydrogens (tertiary/aromatic N) is 2. The Bertz CT molecular complexity index is 637. The largest absolute Gasteiger partial charge is 0.422 e. The predicted molar refractivity (Wildman–Crippen MR) is 68.0 cm³/mol. The minimum absolute atomic E-state index is 0.221. The van der Waals surface area contributed by atoms with E-state index in [1.165, 1.54) is 18.2 Å². The smallest absolute Gasteiger partial charge is 0.347 e. The molecule has 21 heavy (non-hydrogen) atoms. The van der Waals surface area contributed by atoms with Crippen molar-refractivity contribution >= 4 is 23.3 Å². The van der Waals surface area contributed by atoms with Crippen LogP contribution in [0.5, 0.6) is 0 Å². The molecule has 0 bridgehead atoms. The van der Waals surface area contributed by atoms with Crippen LogP contribution in [0.3, 0.4) is 0 Å². The van der Waals surface area contributed by atoms with E-state index in [2.05, 4.69) is 11.6 Å². The molecule has 1 amide bonds. The molecule has 0 aromatic carbocycles.